The van der Waals surface area contributed by atoms with Crippen LogP contribution in [0.15, 0.2) is 48.7 Å². The van der Waals surface area contributed by atoms with Gasteiger partial charge in [0.1, 0.15) is 11.5 Å². The molecule has 0 saturated carbocycles. The Morgan fingerprint density at radius 2 is 1.79 bits per heavy atom. The van der Waals surface area contributed by atoms with E-state index in [1.807, 2.05) is 30.5 Å². The van der Waals surface area contributed by atoms with Crippen LogP contribution in [0, 0.1) is 5.82 Å². The number of rotatable bonds is 3. The van der Waals surface area contributed by atoms with Gasteiger partial charge in [-0.25, -0.2) is 4.39 Å². The molecule has 96 valence electrons. The largest absolute Gasteiger partial charge is 0.494 e. The summed E-state index contributed by atoms with van der Waals surface area (Å²) in [5, 5.41) is 1.05. The fourth-order valence-electron chi connectivity index (χ4n) is 1.94. The van der Waals surface area contributed by atoms with Gasteiger partial charge in [-0.05, 0) is 36.4 Å². The third-order valence-electron chi connectivity index (χ3n) is 2.88. The van der Waals surface area contributed by atoms with E-state index in [2.05, 4.69) is 4.98 Å². The highest BCUT2D eigenvalue weighted by molar-refractivity contribution is 5.80. The molecule has 0 atom stereocenters. The van der Waals surface area contributed by atoms with Crippen LogP contribution in [0.3, 0.4) is 0 Å². The number of halogens is 1. The minimum atomic E-state index is -0.442. The van der Waals surface area contributed by atoms with Crippen LogP contribution in [0.2, 0.25) is 0 Å². The van der Waals surface area contributed by atoms with E-state index in [1.54, 1.807) is 12.1 Å². The average Bonchev–Trinajstić information content (AvgIpc) is 2.86. The first-order valence-corrected chi connectivity index (χ1v) is 5.85. The third-order valence-corrected chi connectivity index (χ3v) is 2.88. The maximum absolute atomic E-state index is 13.5. The quantitative estimate of drug-likeness (QED) is 0.766. The molecule has 1 N–H and O–H groups in total. The van der Waals surface area contributed by atoms with Crippen molar-refractivity contribution < 1.29 is 13.9 Å². The summed E-state index contributed by atoms with van der Waals surface area (Å²) in [5.41, 5.74) is 1.04. The number of hydrogen-bond donors (Lipinski definition) is 1. The standard InChI is InChI=1S/C15H12FNO2/c1-18-15-5-3-12(9-13(15)16)19-11-2-4-14-10(8-11)6-7-17-14/h2-9,17H,1H3. The van der Waals surface area contributed by atoms with Crippen LogP contribution in [0.5, 0.6) is 17.2 Å². The fourth-order valence-corrected chi connectivity index (χ4v) is 1.94. The van der Waals surface area contributed by atoms with E-state index < -0.39 is 5.82 Å². The average molecular weight is 257 g/mol. The van der Waals surface area contributed by atoms with Gasteiger partial charge in [-0.15, -0.1) is 0 Å². The Hall–Kier alpha value is -2.49. The molecule has 0 aliphatic heterocycles. The van der Waals surface area contributed by atoms with Crippen molar-refractivity contribution in [2.24, 2.45) is 0 Å². The molecule has 3 rings (SSSR count). The molecule has 1 aromatic heterocycles. The summed E-state index contributed by atoms with van der Waals surface area (Å²) >= 11 is 0. The molecule has 0 saturated heterocycles. The number of nitrogens with one attached hydrogen (secondary N) is 1. The lowest BCUT2D eigenvalue weighted by Crippen LogP contribution is -1.90. The van der Waals surface area contributed by atoms with Crippen molar-refractivity contribution in [3.63, 3.8) is 0 Å². The lowest BCUT2D eigenvalue weighted by atomic mass is 10.2. The molecular formula is C15H12FNO2. The van der Waals surface area contributed by atoms with Gasteiger partial charge in [0, 0.05) is 23.2 Å². The van der Waals surface area contributed by atoms with E-state index in [0.29, 0.717) is 11.5 Å². The molecule has 3 nitrogen and oxygen atoms in total. The van der Waals surface area contributed by atoms with Gasteiger partial charge in [0.2, 0.25) is 0 Å². The Labute approximate surface area is 109 Å². The monoisotopic (exact) mass is 257 g/mol. The smallest absolute Gasteiger partial charge is 0.168 e. The summed E-state index contributed by atoms with van der Waals surface area (Å²) in [5.74, 6) is 0.862. The summed E-state index contributed by atoms with van der Waals surface area (Å²) < 4.78 is 24.0. The molecule has 0 unspecified atom stereocenters. The van der Waals surface area contributed by atoms with Crippen LogP contribution < -0.4 is 9.47 Å². The second kappa shape index (κ2) is 4.65. The van der Waals surface area contributed by atoms with E-state index in [4.69, 9.17) is 9.47 Å². The number of ether oxygens (including phenoxy) is 2. The zero-order chi connectivity index (χ0) is 13.2. The van der Waals surface area contributed by atoms with E-state index in [1.165, 1.54) is 13.2 Å². The summed E-state index contributed by atoms with van der Waals surface area (Å²) in [7, 11) is 1.43. The lowest BCUT2D eigenvalue weighted by molar-refractivity contribution is 0.383. The minimum absolute atomic E-state index is 0.202. The van der Waals surface area contributed by atoms with E-state index >= 15 is 0 Å². The highest BCUT2D eigenvalue weighted by atomic mass is 19.1. The zero-order valence-corrected chi connectivity index (χ0v) is 10.3. The van der Waals surface area contributed by atoms with Crippen molar-refractivity contribution in [1.29, 1.82) is 0 Å². The maximum Gasteiger partial charge on any atom is 0.168 e. The Bertz CT molecular complexity index is 721. The van der Waals surface area contributed by atoms with Gasteiger partial charge < -0.3 is 14.5 Å². The summed E-state index contributed by atoms with van der Waals surface area (Å²) in [6.07, 6.45) is 1.86. The summed E-state index contributed by atoms with van der Waals surface area (Å²) in [6.45, 7) is 0. The molecule has 2 aromatic carbocycles. The number of benzene rings is 2. The van der Waals surface area contributed by atoms with Crippen molar-refractivity contribution in [3.05, 3.63) is 54.5 Å². The molecule has 19 heavy (non-hydrogen) atoms. The maximum atomic E-state index is 13.5. The van der Waals surface area contributed by atoms with Gasteiger partial charge >= 0.3 is 0 Å². The number of aromatic amines is 1. The highest BCUT2D eigenvalue weighted by Crippen LogP contribution is 2.28. The topological polar surface area (TPSA) is 34.2 Å². The predicted octanol–water partition coefficient (Wildman–Crippen LogP) is 4.11. The lowest BCUT2D eigenvalue weighted by Gasteiger charge is -2.07. The van der Waals surface area contributed by atoms with E-state index in [-0.39, 0.29) is 5.75 Å². The Morgan fingerprint density at radius 1 is 1.00 bits per heavy atom. The first kappa shape index (κ1) is 11.6. The second-order valence-electron chi connectivity index (χ2n) is 4.13. The first-order chi connectivity index (χ1) is 9.26. The van der Waals surface area contributed by atoms with Crippen LogP contribution in [-0.2, 0) is 0 Å². The summed E-state index contributed by atoms with van der Waals surface area (Å²) in [6, 6.07) is 12.1. The molecule has 3 aromatic rings. The summed E-state index contributed by atoms with van der Waals surface area (Å²) in [4.78, 5) is 3.10. The number of aromatic nitrogens is 1. The van der Waals surface area contributed by atoms with E-state index in [9.17, 15) is 4.39 Å². The SMILES string of the molecule is COc1ccc(Oc2ccc3[nH]ccc3c2)cc1F. The fraction of sp³-hybridized carbons (Fsp3) is 0.0667. The van der Waals surface area contributed by atoms with Gasteiger partial charge in [0.05, 0.1) is 7.11 Å². The normalized spacial score (nSPS) is 10.6. The number of hydrogen-bond acceptors (Lipinski definition) is 2. The van der Waals surface area contributed by atoms with Crippen LogP contribution in [0.1, 0.15) is 0 Å². The van der Waals surface area contributed by atoms with Crippen molar-refractivity contribution in [2.45, 2.75) is 0 Å². The zero-order valence-electron chi connectivity index (χ0n) is 10.3. The molecule has 0 bridgehead atoms. The first-order valence-electron chi connectivity index (χ1n) is 5.85. The number of fused-ring (bicyclic) bond motifs is 1. The molecule has 0 fully saturated rings. The van der Waals surface area contributed by atoms with Gasteiger partial charge in [-0.2, -0.15) is 0 Å². The van der Waals surface area contributed by atoms with Gasteiger partial charge in [-0.3, -0.25) is 0 Å². The molecule has 0 amide bonds. The Balaban J connectivity index is 1.89. The van der Waals surface area contributed by atoms with Gasteiger partial charge in [0.25, 0.3) is 0 Å². The molecule has 4 heteroatoms. The molecule has 0 spiro atoms. The number of H-pyrrole nitrogens is 1. The minimum Gasteiger partial charge on any atom is -0.494 e. The molecule has 0 radical (unpaired) electrons. The van der Waals surface area contributed by atoms with Crippen LogP contribution in [0.4, 0.5) is 4.39 Å². The van der Waals surface area contributed by atoms with Crippen LogP contribution >= 0.6 is 0 Å². The predicted molar refractivity (Wildman–Crippen MR) is 71.3 cm³/mol. The molecule has 0 aliphatic carbocycles. The van der Waals surface area contributed by atoms with Gasteiger partial charge in [0.15, 0.2) is 11.6 Å². The Morgan fingerprint density at radius 3 is 2.58 bits per heavy atom. The molecule has 0 aliphatic rings. The van der Waals surface area contributed by atoms with Gasteiger partial charge in [-0.1, -0.05) is 0 Å². The van der Waals surface area contributed by atoms with Crippen molar-refractivity contribution >= 4 is 10.9 Å². The van der Waals surface area contributed by atoms with Crippen LogP contribution in [0.25, 0.3) is 10.9 Å². The highest BCUT2D eigenvalue weighted by Gasteiger charge is 2.05. The van der Waals surface area contributed by atoms with Crippen molar-refractivity contribution in [1.82, 2.24) is 4.98 Å². The number of methoxy groups -OCH3 is 1. The Kier molecular flexibility index (Phi) is 2.83. The van der Waals surface area contributed by atoms with Crippen molar-refractivity contribution in [3.8, 4) is 17.2 Å². The second-order valence-corrected chi connectivity index (χ2v) is 4.13. The molecule has 1 heterocycles. The van der Waals surface area contributed by atoms with E-state index in [0.717, 1.165) is 10.9 Å². The van der Waals surface area contributed by atoms with Crippen LogP contribution in [-0.4, -0.2) is 12.1 Å². The third kappa shape index (κ3) is 2.25. The van der Waals surface area contributed by atoms with Crippen molar-refractivity contribution in [2.75, 3.05) is 7.11 Å². The molecular weight excluding hydrogens is 245 g/mol.